The van der Waals surface area contributed by atoms with Gasteiger partial charge in [-0.05, 0) is 43.4 Å². The smallest absolute Gasteiger partial charge is 0.197 e. The van der Waals surface area contributed by atoms with Crippen LogP contribution < -0.4 is 15.8 Å². The fourth-order valence-corrected chi connectivity index (χ4v) is 2.44. The number of nitrogens with zero attached hydrogens (tertiary/aromatic N) is 1. The molecule has 0 saturated carbocycles. The number of benzene rings is 1. The molecule has 0 bridgehead atoms. The molecule has 0 radical (unpaired) electrons. The lowest BCUT2D eigenvalue weighted by atomic mass is 10.1. The average Bonchev–Trinajstić information content (AvgIpc) is 2.73. The summed E-state index contributed by atoms with van der Waals surface area (Å²) < 4.78 is 23.2. The van der Waals surface area contributed by atoms with E-state index in [0.29, 0.717) is 30.1 Å². The topological polar surface area (TPSA) is 60.2 Å². The summed E-state index contributed by atoms with van der Waals surface area (Å²) in [6.07, 6.45) is 0.617. The summed E-state index contributed by atoms with van der Waals surface area (Å²) in [5.41, 5.74) is 6.46. The van der Waals surface area contributed by atoms with E-state index in [-0.39, 0.29) is 11.9 Å². The van der Waals surface area contributed by atoms with E-state index in [1.165, 1.54) is 17.6 Å². The number of anilines is 2. The molecule has 108 valence electrons. The first kappa shape index (κ1) is 14.6. The summed E-state index contributed by atoms with van der Waals surface area (Å²) in [5.74, 6) is 0.785. The van der Waals surface area contributed by atoms with Gasteiger partial charge < -0.3 is 15.8 Å². The van der Waals surface area contributed by atoms with E-state index in [9.17, 15) is 4.39 Å². The summed E-state index contributed by atoms with van der Waals surface area (Å²) >= 11 is 1.25. The average molecular weight is 295 g/mol. The summed E-state index contributed by atoms with van der Waals surface area (Å²) in [6, 6.07) is 6.76. The van der Waals surface area contributed by atoms with Crippen molar-refractivity contribution in [2.24, 2.45) is 0 Å². The van der Waals surface area contributed by atoms with Gasteiger partial charge >= 0.3 is 0 Å². The molecule has 0 fully saturated rings. The fourth-order valence-electron chi connectivity index (χ4n) is 1.77. The number of aromatic nitrogens is 1. The Hall–Kier alpha value is -1.82. The van der Waals surface area contributed by atoms with Crippen molar-refractivity contribution >= 4 is 22.4 Å². The number of hydrogen-bond donors (Lipinski definition) is 2. The Morgan fingerprint density at radius 1 is 1.40 bits per heavy atom. The number of hydrogen-bond acceptors (Lipinski definition) is 5. The maximum absolute atomic E-state index is 13.5. The lowest BCUT2D eigenvalue weighted by Crippen LogP contribution is -2.10. The molecule has 0 unspecified atom stereocenters. The Bertz CT molecular complexity index is 571. The predicted molar refractivity (Wildman–Crippen MR) is 80.9 cm³/mol. The number of rotatable bonds is 6. The number of ether oxygens (including phenoxy) is 1. The minimum atomic E-state index is -0.184. The molecule has 1 heterocycles. The van der Waals surface area contributed by atoms with Gasteiger partial charge in [0.25, 0.3) is 0 Å². The van der Waals surface area contributed by atoms with Gasteiger partial charge in [0.15, 0.2) is 16.6 Å². The van der Waals surface area contributed by atoms with Crippen molar-refractivity contribution < 1.29 is 9.13 Å². The van der Waals surface area contributed by atoms with Crippen LogP contribution in [0.25, 0.3) is 0 Å². The highest BCUT2D eigenvalue weighted by Gasteiger charge is 2.14. The van der Waals surface area contributed by atoms with Gasteiger partial charge in [-0.15, -0.1) is 0 Å². The molecule has 0 saturated heterocycles. The summed E-state index contributed by atoms with van der Waals surface area (Å²) in [7, 11) is 0. The minimum Gasteiger partial charge on any atom is -0.484 e. The summed E-state index contributed by atoms with van der Waals surface area (Å²) in [4.78, 5) is 0. The molecule has 2 aromatic rings. The molecule has 20 heavy (non-hydrogen) atoms. The van der Waals surface area contributed by atoms with Gasteiger partial charge in [0.2, 0.25) is 0 Å². The van der Waals surface area contributed by atoms with Gasteiger partial charge in [-0.25, -0.2) is 4.39 Å². The van der Waals surface area contributed by atoms with Gasteiger partial charge in [0.1, 0.15) is 5.82 Å². The van der Waals surface area contributed by atoms with Crippen LogP contribution in [0.4, 0.5) is 15.2 Å². The lowest BCUT2D eigenvalue weighted by Gasteiger charge is -2.11. The van der Waals surface area contributed by atoms with Crippen LogP contribution in [0.15, 0.2) is 24.3 Å². The van der Waals surface area contributed by atoms with Crippen LogP contribution in [0, 0.1) is 5.82 Å². The second-order valence-corrected chi connectivity index (χ2v) is 5.43. The lowest BCUT2D eigenvalue weighted by molar-refractivity contribution is 0.245. The molecule has 2 rings (SSSR count). The number of nitrogen functional groups attached to an aromatic ring is 1. The van der Waals surface area contributed by atoms with E-state index in [1.807, 2.05) is 19.9 Å². The van der Waals surface area contributed by atoms with E-state index in [2.05, 4.69) is 9.69 Å². The SMILES string of the molecule is CC(C)Oc1c(N)nsc1NCCc1ccccc1F. The quantitative estimate of drug-likeness (QED) is 0.858. The van der Waals surface area contributed by atoms with Crippen LogP contribution in [0.1, 0.15) is 19.4 Å². The molecule has 1 aromatic carbocycles. The Kier molecular flexibility index (Phi) is 4.79. The Balaban J connectivity index is 1.96. The first-order valence-corrected chi connectivity index (χ1v) is 7.24. The van der Waals surface area contributed by atoms with Crippen LogP contribution in [0.2, 0.25) is 0 Å². The second kappa shape index (κ2) is 6.56. The molecule has 0 amide bonds. The van der Waals surface area contributed by atoms with Crippen molar-refractivity contribution in [2.45, 2.75) is 26.4 Å². The van der Waals surface area contributed by atoms with E-state index in [4.69, 9.17) is 10.5 Å². The van der Waals surface area contributed by atoms with Crippen molar-refractivity contribution in [1.82, 2.24) is 4.37 Å². The Labute approximate surface area is 121 Å². The molecular weight excluding hydrogens is 277 g/mol. The fraction of sp³-hybridized carbons (Fsp3) is 0.357. The molecule has 0 aliphatic heterocycles. The number of halogens is 1. The molecule has 0 aliphatic rings. The highest BCUT2D eigenvalue weighted by Crippen LogP contribution is 2.35. The third-order valence-corrected chi connectivity index (χ3v) is 3.47. The van der Waals surface area contributed by atoms with Crippen molar-refractivity contribution in [3.63, 3.8) is 0 Å². The highest BCUT2D eigenvalue weighted by atomic mass is 32.1. The zero-order valence-electron chi connectivity index (χ0n) is 11.5. The molecule has 4 nitrogen and oxygen atoms in total. The predicted octanol–water partition coefficient (Wildman–Crippen LogP) is 3.31. The second-order valence-electron chi connectivity index (χ2n) is 4.66. The van der Waals surface area contributed by atoms with Crippen LogP contribution in [-0.4, -0.2) is 17.0 Å². The molecule has 0 aliphatic carbocycles. The van der Waals surface area contributed by atoms with Crippen LogP contribution in [-0.2, 0) is 6.42 Å². The van der Waals surface area contributed by atoms with Crippen molar-refractivity contribution in [2.75, 3.05) is 17.6 Å². The maximum Gasteiger partial charge on any atom is 0.197 e. The first-order valence-electron chi connectivity index (χ1n) is 6.47. The normalized spacial score (nSPS) is 10.8. The zero-order valence-corrected chi connectivity index (χ0v) is 12.3. The Morgan fingerprint density at radius 3 is 2.85 bits per heavy atom. The molecule has 0 spiro atoms. The van der Waals surface area contributed by atoms with Crippen molar-refractivity contribution in [1.29, 1.82) is 0 Å². The van der Waals surface area contributed by atoms with Crippen molar-refractivity contribution in [3.8, 4) is 5.75 Å². The highest BCUT2D eigenvalue weighted by molar-refractivity contribution is 7.11. The van der Waals surface area contributed by atoms with E-state index < -0.39 is 0 Å². The number of nitrogens with two attached hydrogens (primary N) is 1. The standard InChI is InChI=1S/C14H18FN3OS/c1-9(2)19-12-13(16)18-20-14(12)17-8-7-10-5-3-4-6-11(10)15/h3-6,9,17H,7-8H2,1-2H3,(H2,16,18). The van der Waals surface area contributed by atoms with Crippen molar-refractivity contribution in [3.05, 3.63) is 35.6 Å². The minimum absolute atomic E-state index is 0.0285. The molecule has 3 N–H and O–H groups in total. The monoisotopic (exact) mass is 295 g/mol. The third kappa shape index (κ3) is 3.60. The molecule has 1 aromatic heterocycles. The van der Waals surface area contributed by atoms with E-state index in [0.717, 1.165) is 5.00 Å². The Morgan fingerprint density at radius 2 is 2.15 bits per heavy atom. The molecule has 0 atom stereocenters. The molecule has 6 heteroatoms. The van der Waals surface area contributed by atoms with Crippen LogP contribution in [0.3, 0.4) is 0 Å². The first-order chi connectivity index (χ1) is 9.58. The van der Waals surface area contributed by atoms with Gasteiger partial charge in [-0.1, -0.05) is 18.2 Å². The zero-order chi connectivity index (χ0) is 14.5. The largest absolute Gasteiger partial charge is 0.484 e. The van der Waals surface area contributed by atoms with E-state index in [1.54, 1.807) is 12.1 Å². The van der Waals surface area contributed by atoms with E-state index >= 15 is 0 Å². The van der Waals surface area contributed by atoms with Gasteiger partial charge in [0.05, 0.1) is 6.10 Å². The van der Waals surface area contributed by atoms with Crippen LogP contribution in [0.5, 0.6) is 5.75 Å². The van der Waals surface area contributed by atoms with Gasteiger partial charge in [0, 0.05) is 6.54 Å². The van der Waals surface area contributed by atoms with Gasteiger partial charge in [-0.2, -0.15) is 4.37 Å². The maximum atomic E-state index is 13.5. The van der Waals surface area contributed by atoms with Crippen LogP contribution >= 0.6 is 11.5 Å². The summed E-state index contributed by atoms with van der Waals surface area (Å²) in [5, 5.41) is 3.98. The number of nitrogens with one attached hydrogen (secondary N) is 1. The summed E-state index contributed by atoms with van der Waals surface area (Å²) in [6.45, 7) is 4.46. The van der Waals surface area contributed by atoms with Gasteiger partial charge in [-0.3, -0.25) is 0 Å². The third-order valence-electron chi connectivity index (χ3n) is 2.67. The molecular formula is C14H18FN3OS.